The highest BCUT2D eigenvalue weighted by Crippen LogP contribution is 2.18. The van der Waals surface area contributed by atoms with E-state index in [4.69, 9.17) is 4.74 Å². The fourth-order valence-corrected chi connectivity index (χ4v) is 2.81. The summed E-state index contributed by atoms with van der Waals surface area (Å²) in [5, 5.41) is 6.80. The summed E-state index contributed by atoms with van der Waals surface area (Å²) in [5.41, 5.74) is 2.40. The van der Waals surface area contributed by atoms with Gasteiger partial charge in [-0.05, 0) is 32.6 Å². The van der Waals surface area contributed by atoms with Crippen molar-refractivity contribution in [3.63, 3.8) is 0 Å². The highest BCUT2D eigenvalue weighted by atomic mass is 127. The molecule has 0 aliphatic heterocycles. The molecular formula is C21H31IN4O. The van der Waals surface area contributed by atoms with Crippen LogP contribution in [0.5, 0.6) is 5.75 Å². The second-order valence-corrected chi connectivity index (χ2v) is 6.24. The third-order valence-corrected chi connectivity index (χ3v) is 4.21. The van der Waals surface area contributed by atoms with Gasteiger partial charge in [-0.1, -0.05) is 48.5 Å². The standard InChI is InChI=1S/C21H30N4O.HI/c1-5-26-20-14-10-9-13-18(20)15-23-21(22-2)24-16-19(25(3)4)17-11-7-6-8-12-17;/h6-14,19H,5,15-16H2,1-4H3,(H2,22,23,24);1H. The lowest BCUT2D eigenvalue weighted by Crippen LogP contribution is -2.41. The number of rotatable bonds is 8. The first-order chi connectivity index (χ1) is 12.7. The van der Waals surface area contributed by atoms with Crippen LogP contribution in [-0.4, -0.2) is 45.2 Å². The first-order valence-corrected chi connectivity index (χ1v) is 9.02. The summed E-state index contributed by atoms with van der Waals surface area (Å²) in [5.74, 6) is 1.69. The van der Waals surface area contributed by atoms with Crippen molar-refractivity contribution in [1.82, 2.24) is 15.5 Å². The summed E-state index contributed by atoms with van der Waals surface area (Å²) in [6.07, 6.45) is 0. The van der Waals surface area contributed by atoms with E-state index in [1.54, 1.807) is 7.05 Å². The van der Waals surface area contributed by atoms with Crippen LogP contribution in [0.15, 0.2) is 59.6 Å². The van der Waals surface area contributed by atoms with E-state index >= 15 is 0 Å². The van der Waals surface area contributed by atoms with Gasteiger partial charge in [-0.3, -0.25) is 4.99 Å². The van der Waals surface area contributed by atoms with Crippen LogP contribution in [0.1, 0.15) is 24.1 Å². The molecule has 0 fully saturated rings. The normalized spacial score (nSPS) is 12.3. The number of hydrogen-bond acceptors (Lipinski definition) is 3. The largest absolute Gasteiger partial charge is 0.494 e. The van der Waals surface area contributed by atoms with E-state index in [2.05, 4.69) is 65.0 Å². The fraction of sp³-hybridized carbons (Fsp3) is 0.381. The first-order valence-electron chi connectivity index (χ1n) is 9.02. The van der Waals surface area contributed by atoms with Gasteiger partial charge in [0.05, 0.1) is 12.6 Å². The smallest absolute Gasteiger partial charge is 0.191 e. The third-order valence-electron chi connectivity index (χ3n) is 4.21. The van der Waals surface area contributed by atoms with Gasteiger partial charge in [0, 0.05) is 25.7 Å². The zero-order chi connectivity index (χ0) is 18.8. The number of likely N-dealkylation sites (N-methyl/N-ethyl adjacent to an activating group) is 1. The fourth-order valence-electron chi connectivity index (χ4n) is 2.81. The summed E-state index contributed by atoms with van der Waals surface area (Å²) in [7, 11) is 5.97. The number of guanidine groups is 1. The Morgan fingerprint density at radius 1 is 1.04 bits per heavy atom. The number of halogens is 1. The van der Waals surface area contributed by atoms with Crippen molar-refractivity contribution in [1.29, 1.82) is 0 Å². The molecule has 0 radical (unpaired) electrons. The topological polar surface area (TPSA) is 48.9 Å². The van der Waals surface area contributed by atoms with Crippen LogP contribution < -0.4 is 15.4 Å². The molecule has 27 heavy (non-hydrogen) atoms. The Bertz CT molecular complexity index is 692. The molecule has 6 heteroatoms. The molecule has 5 nitrogen and oxygen atoms in total. The molecule has 0 saturated heterocycles. The molecule has 2 aromatic carbocycles. The van der Waals surface area contributed by atoms with E-state index in [1.807, 2.05) is 31.2 Å². The molecular weight excluding hydrogens is 451 g/mol. The zero-order valence-electron chi connectivity index (χ0n) is 16.6. The average molecular weight is 482 g/mol. The quantitative estimate of drug-likeness (QED) is 0.343. The molecule has 2 rings (SSSR count). The van der Waals surface area contributed by atoms with Crippen molar-refractivity contribution in [2.45, 2.75) is 19.5 Å². The summed E-state index contributed by atoms with van der Waals surface area (Å²) in [6, 6.07) is 18.8. The average Bonchev–Trinajstić information content (AvgIpc) is 2.66. The van der Waals surface area contributed by atoms with Crippen molar-refractivity contribution >= 4 is 29.9 Å². The van der Waals surface area contributed by atoms with Crippen LogP contribution in [0.25, 0.3) is 0 Å². The molecule has 0 aliphatic rings. The van der Waals surface area contributed by atoms with Crippen LogP contribution in [0, 0.1) is 0 Å². The molecule has 1 unspecified atom stereocenters. The summed E-state index contributed by atoms with van der Waals surface area (Å²) < 4.78 is 5.68. The lowest BCUT2D eigenvalue weighted by molar-refractivity contribution is 0.298. The SMILES string of the molecule is CCOc1ccccc1CNC(=NC)NCC(c1ccccc1)N(C)C.I. The Labute approximate surface area is 180 Å². The van der Waals surface area contributed by atoms with E-state index in [1.165, 1.54) is 5.56 Å². The van der Waals surface area contributed by atoms with Gasteiger partial charge < -0.3 is 20.3 Å². The van der Waals surface area contributed by atoms with Crippen molar-refractivity contribution in [3.05, 3.63) is 65.7 Å². The summed E-state index contributed by atoms with van der Waals surface area (Å²) >= 11 is 0. The molecule has 148 valence electrons. The van der Waals surface area contributed by atoms with Gasteiger partial charge >= 0.3 is 0 Å². The lowest BCUT2D eigenvalue weighted by Gasteiger charge is -2.26. The molecule has 0 aliphatic carbocycles. The molecule has 0 amide bonds. The molecule has 0 bridgehead atoms. The maximum atomic E-state index is 5.68. The number of nitrogens with zero attached hydrogens (tertiary/aromatic N) is 2. The van der Waals surface area contributed by atoms with Crippen molar-refractivity contribution in [2.24, 2.45) is 4.99 Å². The van der Waals surface area contributed by atoms with E-state index in [0.29, 0.717) is 13.2 Å². The Hall–Kier alpha value is -1.80. The predicted octanol–water partition coefficient (Wildman–Crippen LogP) is 3.67. The van der Waals surface area contributed by atoms with Gasteiger partial charge in [-0.25, -0.2) is 0 Å². The summed E-state index contributed by atoms with van der Waals surface area (Å²) in [4.78, 5) is 6.55. The van der Waals surface area contributed by atoms with Crippen LogP contribution in [0.2, 0.25) is 0 Å². The van der Waals surface area contributed by atoms with Crippen LogP contribution in [0.3, 0.4) is 0 Å². The minimum atomic E-state index is 0. The van der Waals surface area contributed by atoms with E-state index < -0.39 is 0 Å². The van der Waals surface area contributed by atoms with Crippen LogP contribution >= 0.6 is 24.0 Å². The third kappa shape index (κ3) is 7.38. The second kappa shape index (κ2) is 12.6. The maximum Gasteiger partial charge on any atom is 0.191 e. The van der Waals surface area contributed by atoms with Crippen molar-refractivity contribution in [2.75, 3.05) is 34.3 Å². The van der Waals surface area contributed by atoms with Crippen LogP contribution in [-0.2, 0) is 6.54 Å². The zero-order valence-corrected chi connectivity index (χ0v) is 18.9. The Morgan fingerprint density at radius 3 is 2.33 bits per heavy atom. The van der Waals surface area contributed by atoms with E-state index in [9.17, 15) is 0 Å². The molecule has 0 saturated carbocycles. The number of hydrogen-bond donors (Lipinski definition) is 2. The minimum absolute atomic E-state index is 0. The van der Waals surface area contributed by atoms with Crippen molar-refractivity contribution < 1.29 is 4.74 Å². The molecule has 1 atom stereocenters. The number of nitrogens with one attached hydrogen (secondary N) is 2. The molecule has 2 aromatic rings. The molecule has 0 aromatic heterocycles. The summed E-state index contributed by atoms with van der Waals surface area (Å²) in [6.45, 7) is 4.08. The predicted molar refractivity (Wildman–Crippen MR) is 124 cm³/mol. The van der Waals surface area contributed by atoms with Gasteiger partial charge in [0.25, 0.3) is 0 Å². The van der Waals surface area contributed by atoms with Crippen LogP contribution in [0.4, 0.5) is 0 Å². The second-order valence-electron chi connectivity index (χ2n) is 6.24. The number of ether oxygens (including phenoxy) is 1. The van der Waals surface area contributed by atoms with Gasteiger partial charge in [0.15, 0.2) is 5.96 Å². The Morgan fingerprint density at radius 2 is 1.70 bits per heavy atom. The van der Waals surface area contributed by atoms with Gasteiger partial charge in [-0.15, -0.1) is 24.0 Å². The number of para-hydroxylation sites is 1. The highest BCUT2D eigenvalue weighted by Gasteiger charge is 2.14. The van der Waals surface area contributed by atoms with Gasteiger partial charge in [-0.2, -0.15) is 0 Å². The number of aliphatic imine (C=N–C) groups is 1. The van der Waals surface area contributed by atoms with Crippen molar-refractivity contribution in [3.8, 4) is 5.75 Å². The molecule has 2 N–H and O–H groups in total. The van der Waals surface area contributed by atoms with E-state index in [0.717, 1.165) is 23.8 Å². The monoisotopic (exact) mass is 482 g/mol. The van der Waals surface area contributed by atoms with Gasteiger partial charge in [0.2, 0.25) is 0 Å². The first kappa shape index (κ1) is 23.2. The highest BCUT2D eigenvalue weighted by molar-refractivity contribution is 14.0. The molecule has 0 spiro atoms. The lowest BCUT2D eigenvalue weighted by atomic mass is 10.1. The molecule has 0 heterocycles. The number of benzene rings is 2. The Balaban J connectivity index is 0.00000364. The van der Waals surface area contributed by atoms with Gasteiger partial charge in [0.1, 0.15) is 5.75 Å². The van der Waals surface area contributed by atoms with E-state index in [-0.39, 0.29) is 30.0 Å². The minimum Gasteiger partial charge on any atom is -0.494 e. The Kier molecular flexibility index (Phi) is 10.8. The maximum absolute atomic E-state index is 5.68.